The molecule has 0 aliphatic carbocycles. The number of hydrogen-bond acceptors (Lipinski definition) is 5. The fourth-order valence-electron chi connectivity index (χ4n) is 2.69. The summed E-state index contributed by atoms with van der Waals surface area (Å²) in [5, 5.41) is 6.58. The lowest BCUT2D eigenvalue weighted by Crippen LogP contribution is -2.07. The third-order valence-electron chi connectivity index (χ3n) is 4.03. The molecular formula is C21H15ClN2O3S. The summed E-state index contributed by atoms with van der Waals surface area (Å²) >= 11 is 7.40. The predicted octanol–water partition coefficient (Wildman–Crippen LogP) is 5.87. The number of carbonyl (C=O) groups excluding carboxylic acids is 1. The van der Waals surface area contributed by atoms with E-state index in [-0.39, 0.29) is 5.91 Å². The quantitative estimate of drug-likeness (QED) is 0.418. The van der Waals surface area contributed by atoms with Gasteiger partial charge in [0.2, 0.25) is 5.91 Å². The number of anilines is 1. The number of benzene rings is 2. The van der Waals surface area contributed by atoms with Gasteiger partial charge in [0.1, 0.15) is 5.69 Å². The Kier molecular flexibility index (Phi) is 5.14. The van der Waals surface area contributed by atoms with E-state index in [1.165, 1.54) is 17.4 Å². The van der Waals surface area contributed by atoms with E-state index in [0.717, 1.165) is 10.9 Å². The van der Waals surface area contributed by atoms with Crippen molar-refractivity contribution in [1.29, 1.82) is 0 Å². The van der Waals surface area contributed by atoms with Crippen molar-refractivity contribution >= 4 is 51.0 Å². The van der Waals surface area contributed by atoms with Gasteiger partial charge in [-0.3, -0.25) is 10.1 Å². The molecular weight excluding hydrogens is 396 g/mol. The summed E-state index contributed by atoms with van der Waals surface area (Å²) in [6.07, 6.45) is 3.09. The van der Waals surface area contributed by atoms with Crippen molar-refractivity contribution in [3.05, 3.63) is 70.6 Å². The smallest absolute Gasteiger partial charge is 0.250 e. The molecule has 0 radical (unpaired) electrons. The van der Waals surface area contributed by atoms with Crippen LogP contribution in [0.2, 0.25) is 5.02 Å². The van der Waals surface area contributed by atoms with Gasteiger partial charge in [0.15, 0.2) is 22.2 Å². The van der Waals surface area contributed by atoms with Crippen molar-refractivity contribution < 1.29 is 13.9 Å². The maximum atomic E-state index is 12.2. The third-order valence-corrected chi connectivity index (χ3v) is 5.14. The maximum absolute atomic E-state index is 12.2. The van der Waals surface area contributed by atoms with Gasteiger partial charge in [0, 0.05) is 21.9 Å². The normalized spacial score (nSPS) is 11.2. The third kappa shape index (κ3) is 3.78. The molecule has 1 N–H and O–H groups in total. The Bertz CT molecular complexity index is 1180. The summed E-state index contributed by atoms with van der Waals surface area (Å²) in [7, 11) is 1.60. The highest BCUT2D eigenvalue weighted by molar-refractivity contribution is 7.14. The average molecular weight is 411 g/mol. The molecule has 0 saturated carbocycles. The SMILES string of the molecule is COc1cccc2cc(-c3csc(NC(=O)/C=C/c4ccccc4Cl)n3)oc12. The van der Waals surface area contributed by atoms with Gasteiger partial charge in [-0.25, -0.2) is 4.98 Å². The molecule has 7 heteroatoms. The van der Waals surface area contributed by atoms with Crippen molar-refractivity contribution in [3.63, 3.8) is 0 Å². The number of hydrogen-bond donors (Lipinski definition) is 1. The number of para-hydroxylation sites is 1. The van der Waals surface area contributed by atoms with E-state index in [2.05, 4.69) is 10.3 Å². The average Bonchev–Trinajstić information content (AvgIpc) is 3.33. The number of thiazole rings is 1. The van der Waals surface area contributed by atoms with Gasteiger partial charge in [0.05, 0.1) is 7.11 Å². The van der Waals surface area contributed by atoms with Crippen molar-refractivity contribution in [3.8, 4) is 17.2 Å². The number of nitrogens with one attached hydrogen (secondary N) is 1. The monoisotopic (exact) mass is 410 g/mol. The minimum atomic E-state index is -0.285. The largest absolute Gasteiger partial charge is 0.493 e. The number of nitrogens with zero attached hydrogens (tertiary/aromatic N) is 1. The van der Waals surface area contributed by atoms with Crippen LogP contribution >= 0.6 is 22.9 Å². The van der Waals surface area contributed by atoms with Crippen molar-refractivity contribution in [2.75, 3.05) is 12.4 Å². The standard InChI is InChI=1S/C21H15ClN2O3S/c1-26-17-8-4-6-14-11-18(27-20(14)17)16-12-28-21(23-16)24-19(25)10-9-13-5-2-3-7-15(13)22/h2-12H,1H3,(H,23,24,25)/b10-9+. The molecule has 28 heavy (non-hydrogen) atoms. The van der Waals surface area contributed by atoms with Crippen LogP contribution in [0.1, 0.15) is 5.56 Å². The number of carbonyl (C=O) groups is 1. The summed E-state index contributed by atoms with van der Waals surface area (Å²) in [6.45, 7) is 0. The second-order valence-electron chi connectivity index (χ2n) is 5.87. The Hall–Kier alpha value is -3.09. The van der Waals surface area contributed by atoms with Gasteiger partial charge in [-0.1, -0.05) is 41.9 Å². The summed E-state index contributed by atoms with van der Waals surface area (Å²) in [6, 6.07) is 14.9. The fourth-order valence-corrected chi connectivity index (χ4v) is 3.59. The van der Waals surface area contributed by atoms with E-state index < -0.39 is 0 Å². The first-order valence-electron chi connectivity index (χ1n) is 8.40. The zero-order chi connectivity index (χ0) is 19.5. The fraction of sp³-hybridized carbons (Fsp3) is 0.0476. The first kappa shape index (κ1) is 18.3. The van der Waals surface area contributed by atoms with Crippen LogP contribution in [-0.2, 0) is 4.79 Å². The molecule has 0 atom stereocenters. The highest BCUT2D eigenvalue weighted by Gasteiger charge is 2.13. The molecule has 4 aromatic rings. The molecule has 0 saturated heterocycles. The Morgan fingerprint density at radius 1 is 1.25 bits per heavy atom. The molecule has 0 aliphatic heterocycles. The molecule has 0 fully saturated rings. The van der Waals surface area contributed by atoms with E-state index >= 15 is 0 Å². The van der Waals surface area contributed by atoms with E-state index in [1.807, 2.05) is 47.8 Å². The van der Waals surface area contributed by atoms with E-state index in [0.29, 0.717) is 32.9 Å². The molecule has 1 amide bonds. The number of aromatic nitrogens is 1. The van der Waals surface area contributed by atoms with E-state index in [9.17, 15) is 4.79 Å². The van der Waals surface area contributed by atoms with Gasteiger partial charge in [0.25, 0.3) is 0 Å². The van der Waals surface area contributed by atoms with Crippen LogP contribution in [0.4, 0.5) is 5.13 Å². The lowest BCUT2D eigenvalue weighted by atomic mass is 10.2. The Morgan fingerprint density at radius 3 is 2.93 bits per heavy atom. The van der Waals surface area contributed by atoms with Crippen LogP contribution in [0.3, 0.4) is 0 Å². The maximum Gasteiger partial charge on any atom is 0.250 e. The van der Waals surface area contributed by atoms with Crippen molar-refractivity contribution in [2.45, 2.75) is 0 Å². The number of ether oxygens (including phenoxy) is 1. The second kappa shape index (κ2) is 7.88. The lowest BCUT2D eigenvalue weighted by Gasteiger charge is -1.98. The van der Waals surface area contributed by atoms with Crippen molar-refractivity contribution in [2.24, 2.45) is 0 Å². The zero-order valence-corrected chi connectivity index (χ0v) is 16.4. The topological polar surface area (TPSA) is 64.4 Å². The molecule has 2 aromatic heterocycles. The number of fused-ring (bicyclic) bond motifs is 1. The van der Waals surface area contributed by atoms with Crippen LogP contribution in [0.15, 0.2) is 64.4 Å². The van der Waals surface area contributed by atoms with Gasteiger partial charge >= 0.3 is 0 Å². The van der Waals surface area contributed by atoms with Crippen LogP contribution in [0.25, 0.3) is 28.5 Å². The van der Waals surface area contributed by atoms with Gasteiger partial charge < -0.3 is 9.15 Å². The minimum Gasteiger partial charge on any atom is -0.493 e. The van der Waals surface area contributed by atoms with Crippen LogP contribution in [-0.4, -0.2) is 18.0 Å². The molecule has 2 aromatic carbocycles. The van der Waals surface area contributed by atoms with E-state index in [1.54, 1.807) is 19.3 Å². The second-order valence-corrected chi connectivity index (χ2v) is 7.14. The molecule has 0 bridgehead atoms. The molecule has 4 rings (SSSR count). The summed E-state index contributed by atoms with van der Waals surface area (Å²) in [4.78, 5) is 16.6. The first-order valence-corrected chi connectivity index (χ1v) is 9.66. The lowest BCUT2D eigenvalue weighted by molar-refractivity contribution is -0.111. The highest BCUT2D eigenvalue weighted by Crippen LogP contribution is 2.34. The van der Waals surface area contributed by atoms with Crippen LogP contribution in [0, 0.1) is 0 Å². The number of rotatable bonds is 5. The highest BCUT2D eigenvalue weighted by atomic mass is 35.5. The van der Waals surface area contributed by atoms with Gasteiger partial charge in [-0.05, 0) is 29.8 Å². The van der Waals surface area contributed by atoms with Crippen molar-refractivity contribution in [1.82, 2.24) is 4.98 Å². The molecule has 140 valence electrons. The molecule has 2 heterocycles. The molecule has 0 unspecified atom stereocenters. The van der Waals surface area contributed by atoms with Gasteiger partial charge in [-0.2, -0.15) is 0 Å². The molecule has 5 nitrogen and oxygen atoms in total. The number of amides is 1. The Balaban J connectivity index is 1.50. The number of methoxy groups -OCH3 is 1. The van der Waals surface area contributed by atoms with Gasteiger partial charge in [-0.15, -0.1) is 11.3 Å². The summed E-state index contributed by atoms with van der Waals surface area (Å²) in [5.74, 6) is 0.993. The van der Waals surface area contributed by atoms with Crippen LogP contribution < -0.4 is 10.1 Å². The number of furan rings is 1. The first-order chi connectivity index (χ1) is 13.6. The Labute approximate surface area is 170 Å². The molecule has 0 spiro atoms. The Morgan fingerprint density at radius 2 is 2.11 bits per heavy atom. The summed E-state index contributed by atoms with van der Waals surface area (Å²) < 4.78 is 11.2. The predicted molar refractivity (Wildman–Crippen MR) is 113 cm³/mol. The van der Waals surface area contributed by atoms with E-state index in [4.69, 9.17) is 20.8 Å². The van der Waals surface area contributed by atoms with Crippen LogP contribution in [0.5, 0.6) is 5.75 Å². The number of halogens is 1. The zero-order valence-electron chi connectivity index (χ0n) is 14.8. The molecule has 0 aliphatic rings. The minimum absolute atomic E-state index is 0.285. The summed E-state index contributed by atoms with van der Waals surface area (Å²) in [5.41, 5.74) is 2.09.